The van der Waals surface area contributed by atoms with Crippen LogP contribution in [0.5, 0.6) is 0 Å². The van der Waals surface area contributed by atoms with Gasteiger partial charge in [0.05, 0.1) is 5.25 Å². The van der Waals surface area contributed by atoms with Crippen molar-refractivity contribution in [3.63, 3.8) is 0 Å². The Balaban J connectivity index is 1.75. The normalized spacial score (nSPS) is 12.0. The average molecular weight is 370 g/mol. The summed E-state index contributed by atoms with van der Waals surface area (Å²) in [5.74, 6) is 0.107. The van der Waals surface area contributed by atoms with E-state index in [1.54, 1.807) is 6.92 Å². The van der Waals surface area contributed by atoms with E-state index in [-0.39, 0.29) is 11.0 Å². The highest BCUT2D eigenvalue weighted by molar-refractivity contribution is 8.01. The third-order valence-electron chi connectivity index (χ3n) is 3.72. The van der Waals surface area contributed by atoms with Crippen LogP contribution in [0.2, 0.25) is 0 Å². The van der Waals surface area contributed by atoms with E-state index in [1.165, 1.54) is 28.7 Å². The molecule has 25 heavy (non-hydrogen) atoms. The van der Waals surface area contributed by atoms with Crippen molar-refractivity contribution in [2.75, 3.05) is 5.32 Å². The third-order valence-corrected chi connectivity index (χ3v) is 6.02. The van der Waals surface area contributed by atoms with E-state index in [0.29, 0.717) is 0 Å². The highest BCUT2D eigenvalue weighted by Crippen LogP contribution is 2.38. The Hall–Kier alpha value is -2.18. The number of carbonyl (C=O) groups is 1. The van der Waals surface area contributed by atoms with Crippen molar-refractivity contribution in [3.8, 4) is 0 Å². The molecule has 0 aliphatic heterocycles. The minimum atomic E-state index is -0.261. The molecule has 128 valence electrons. The molecular formula is C19H19N3OS2. The van der Waals surface area contributed by atoms with Crippen LogP contribution in [0.4, 0.5) is 10.8 Å². The Kier molecular flexibility index (Phi) is 5.50. The molecular weight excluding hydrogens is 350 g/mol. The number of aryl methyl sites for hydroxylation is 2. The first-order chi connectivity index (χ1) is 12.0. The highest BCUT2D eigenvalue weighted by Gasteiger charge is 2.20. The number of nitrogens with zero attached hydrogens (tertiary/aromatic N) is 2. The minimum absolute atomic E-state index is 0.107. The molecule has 1 aromatic heterocycles. The number of hydrogen-bond acceptors (Lipinski definition) is 6. The summed E-state index contributed by atoms with van der Waals surface area (Å²) in [6.45, 7) is 5.75. The van der Waals surface area contributed by atoms with Gasteiger partial charge in [-0.2, -0.15) is 0 Å². The van der Waals surface area contributed by atoms with Crippen LogP contribution >= 0.6 is 23.1 Å². The number of anilines is 2. The van der Waals surface area contributed by atoms with Crippen molar-refractivity contribution < 1.29 is 4.79 Å². The topological polar surface area (TPSA) is 54.9 Å². The summed E-state index contributed by atoms with van der Waals surface area (Å²) in [6, 6.07) is 16.0. The second-order valence-electron chi connectivity index (χ2n) is 5.84. The van der Waals surface area contributed by atoms with Crippen LogP contribution in [-0.4, -0.2) is 16.0 Å². The lowest BCUT2D eigenvalue weighted by Gasteiger charge is -2.11. The van der Waals surface area contributed by atoms with Gasteiger partial charge in [-0.15, -0.1) is 10.2 Å². The van der Waals surface area contributed by atoms with Crippen molar-refractivity contribution in [1.82, 2.24) is 10.2 Å². The Labute approximate surface area is 155 Å². The number of rotatable bonds is 6. The lowest BCUT2D eigenvalue weighted by Crippen LogP contribution is -2.04. The minimum Gasteiger partial charge on any atom is -0.330 e. The van der Waals surface area contributed by atoms with Crippen molar-refractivity contribution >= 4 is 39.7 Å². The molecule has 0 aliphatic carbocycles. The van der Waals surface area contributed by atoms with Crippen LogP contribution < -0.4 is 5.32 Å². The molecule has 3 aromatic rings. The third kappa shape index (κ3) is 4.46. The van der Waals surface area contributed by atoms with Gasteiger partial charge in [0.25, 0.3) is 0 Å². The molecule has 0 unspecified atom stereocenters. The van der Waals surface area contributed by atoms with E-state index in [9.17, 15) is 4.79 Å². The van der Waals surface area contributed by atoms with E-state index in [0.717, 1.165) is 26.3 Å². The Bertz CT molecular complexity index is 877. The van der Waals surface area contributed by atoms with Gasteiger partial charge in [-0.05, 0) is 38.0 Å². The van der Waals surface area contributed by atoms with Gasteiger partial charge < -0.3 is 5.32 Å². The molecule has 3 rings (SSSR count). The summed E-state index contributed by atoms with van der Waals surface area (Å²) in [4.78, 5) is 12.0. The van der Waals surface area contributed by atoms with Gasteiger partial charge in [0.15, 0.2) is 4.34 Å². The molecule has 1 heterocycles. The van der Waals surface area contributed by atoms with Gasteiger partial charge in [0.1, 0.15) is 5.78 Å². The number of benzene rings is 2. The predicted octanol–water partition coefficient (Wildman–Crippen LogP) is 5.32. The van der Waals surface area contributed by atoms with Crippen LogP contribution in [0.3, 0.4) is 0 Å². The number of carbonyl (C=O) groups excluding carboxylic acids is 1. The molecule has 1 atom stereocenters. The van der Waals surface area contributed by atoms with Crippen molar-refractivity contribution in [2.24, 2.45) is 0 Å². The number of hydrogen-bond donors (Lipinski definition) is 1. The first-order valence-corrected chi connectivity index (χ1v) is 9.62. The standard InChI is InChI=1S/C19H19N3OS2/c1-12-9-10-16(13(2)11-12)20-18-21-22-19(25-18)24-17(14(3)23)15-7-5-4-6-8-15/h4-11,17H,1-3H3,(H,20,21)/t17-/m0/s1. The summed E-state index contributed by atoms with van der Waals surface area (Å²) in [5, 5.41) is 12.2. The molecule has 6 heteroatoms. The maximum atomic E-state index is 12.0. The maximum absolute atomic E-state index is 12.0. The first-order valence-electron chi connectivity index (χ1n) is 7.93. The molecule has 0 amide bonds. The van der Waals surface area contributed by atoms with E-state index in [2.05, 4.69) is 41.5 Å². The number of aromatic nitrogens is 2. The molecule has 0 aliphatic rings. The smallest absolute Gasteiger partial charge is 0.210 e. The zero-order valence-corrected chi connectivity index (χ0v) is 15.9. The molecule has 0 radical (unpaired) electrons. The van der Waals surface area contributed by atoms with Crippen molar-refractivity contribution in [3.05, 3.63) is 65.2 Å². The van der Waals surface area contributed by atoms with Gasteiger partial charge in [-0.3, -0.25) is 4.79 Å². The van der Waals surface area contributed by atoms with Crippen LogP contribution in [0.1, 0.15) is 28.9 Å². The fourth-order valence-corrected chi connectivity index (χ4v) is 4.45. The first kappa shape index (κ1) is 17.6. The number of nitrogens with one attached hydrogen (secondary N) is 1. The van der Waals surface area contributed by atoms with E-state index in [1.807, 2.05) is 36.4 Å². The second kappa shape index (κ2) is 7.80. The van der Waals surface area contributed by atoms with Crippen molar-refractivity contribution in [2.45, 2.75) is 30.4 Å². The van der Waals surface area contributed by atoms with Crippen molar-refractivity contribution in [1.29, 1.82) is 0 Å². The quantitative estimate of drug-likeness (QED) is 0.596. The molecule has 1 N–H and O–H groups in total. The molecule has 0 saturated heterocycles. The van der Waals surface area contributed by atoms with E-state index < -0.39 is 0 Å². The van der Waals surface area contributed by atoms with Gasteiger partial charge in [0.2, 0.25) is 5.13 Å². The van der Waals surface area contributed by atoms with Crippen LogP contribution in [0.25, 0.3) is 0 Å². The summed E-state index contributed by atoms with van der Waals surface area (Å²) < 4.78 is 0.774. The monoisotopic (exact) mass is 369 g/mol. The lowest BCUT2D eigenvalue weighted by molar-refractivity contribution is -0.116. The Morgan fingerprint density at radius 3 is 2.56 bits per heavy atom. The van der Waals surface area contributed by atoms with Crippen LogP contribution in [-0.2, 0) is 4.79 Å². The van der Waals surface area contributed by atoms with Gasteiger partial charge >= 0.3 is 0 Å². The van der Waals surface area contributed by atoms with Crippen LogP contribution in [0, 0.1) is 13.8 Å². The second-order valence-corrected chi connectivity index (χ2v) is 8.17. The largest absolute Gasteiger partial charge is 0.330 e. The SMILES string of the molecule is CC(=O)[C@H](Sc1nnc(Nc2ccc(C)cc2C)s1)c1ccccc1. The summed E-state index contributed by atoms with van der Waals surface area (Å²) in [6.07, 6.45) is 0. The average Bonchev–Trinajstić information content (AvgIpc) is 3.03. The summed E-state index contributed by atoms with van der Waals surface area (Å²) >= 11 is 2.90. The zero-order chi connectivity index (χ0) is 17.8. The fraction of sp³-hybridized carbons (Fsp3) is 0.211. The Morgan fingerprint density at radius 2 is 1.88 bits per heavy atom. The van der Waals surface area contributed by atoms with Crippen LogP contribution in [0.15, 0.2) is 52.9 Å². The molecule has 0 fully saturated rings. The van der Waals surface area contributed by atoms with Gasteiger partial charge in [-0.1, -0.05) is 71.1 Å². The molecule has 0 saturated carbocycles. The summed E-state index contributed by atoms with van der Waals surface area (Å²) in [5.41, 5.74) is 4.39. The number of ketones is 1. The zero-order valence-electron chi connectivity index (χ0n) is 14.3. The lowest BCUT2D eigenvalue weighted by atomic mass is 10.1. The Morgan fingerprint density at radius 1 is 1.12 bits per heavy atom. The molecule has 4 nitrogen and oxygen atoms in total. The van der Waals surface area contributed by atoms with E-state index in [4.69, 9.17) is 0 Å². The fourth-order valence-electron chi connectivity index (χ4n) is 2.49. The molecule has 0 spiro atoms. The number of thioether (sulfide) groups is 1. The van der Waals surface area contributed by atoms with Gasteiger partial charge in [-0.25, -0.2) is 0 Å². The summed E-state index contributed by atoms with van der Waals surface area (Å²) in [7, 11) is 0. The van der Waals surface area contributed by atoms with E-state index >= 15 is 0 Å². The maximum Gasteiger partial charge on any atom is 0.210 e. The number of Topliss-reactive ketones (excluding diaryl/α,β-unsaturated/α-hetero) is 1. The highest BCUT2D eigenvalue weighted by atomic mass is 32.2. The molecule has 2 aromatic carbocycles. The molecule has 0 bridgehead atoms. The predicted molar refractivity (Wildman–Crippen MR) is 105 cm³/mol. The van der Waals surface area contributed by atoms with Gasteiger partial charge in [0, 0.05) is 5.69 Å².